The number of hydrogen-bond donors (Lipinski definition) is 0. The maximum absolute atomic E-state index is 12.2. The smallest absolute Gasteiger partial charge is 0.419 e. The van der Waals surface area contributed by atoms with Crippen molar-refractivity contribution in [3.05, 3.63) is 35.0 Å². The third kappa shape index (κ3) is 3.12. The number of ether oxygens (including phenoxy) is 1. The summed E-state index contributed by atoms with van der Waals surface area (Å²) >= 11 is 9.43. The molecule has 1 aromatic heterocycles. The molecular formula is C14H15BrClNO2. The van der Waals surface area contributed by atoms with Crippen molar-refractivity contribution in [2.75, 3.05) is 0 Å². The number of carbonyl (C=O) groups excluding carboxylic acids is 1. The molecule has 0 radical (unpaired) electrons. The van der Waals surface area contributed by atoms with E-state index in [0.29, 0.717) is 10.4 Å². The molecule has 0 fully saturated rings. The third-order valence-electron chi connectivity index (χ3n) is 2.58. The Kier molecular flexibility index (Phi) is 3.92. The van der Waals surface area contributed by atoms with E-state index in [1.165, 1.54) is 4.57 Å². The molecule has 1 heterocycles. The predicted octanol–water partition coefficient (Wildman–Crippen LogP) is 4.97. The second-order valence-electron chi connectivity index (χ2n) is 5.30. The van der Waals surface area contributed by atoms with Crippen LogP contribution < -0.4 is 0 Å². The minimum absolute atomic E-state index is 0.396. The Hall–Kier alpha value is -1.00. The van der Waals surface area contributed by atoms with Crippen LogP contribution in [-0.2, 0) is 10.1 Å². The molecule has 0 saturated heterocycles. The van der Waals surface area contributed by atoms with E-state index in [1.807, 2.05) is 32.9 Å². The van der Waals surface area contributed by atoms with Gasteiger partial charge in [0.2, 0.25) is 0 Å². The minimum Gasteiger partial charge on any atom is -0.443 e. The van der Waals surface area contributed by atoms with Crippen LogP contribution in [0.15, 0.2) is 24.4 Å². The van der Waals surface area contributed by atoms with Gasteiger partial charge in [-0.1, -0.05) is 33.6 Å². The Balaban J connectivity index is 2.54. The molecule has 19 heavy (non-hydrogen) atoms. The summed E-state index contributed by atoms with van der Waals surface area (Å²) in [7, 11) is 0. The highest BCUT2D eigenvalue weighted by Crippen LogP contribution is 2.27. The van der Waals surface area contributed by atoms with Crippen LogP contribution in [0.4, 0.5) is 4.79 Å². The first-order valence-electron chi connectivity index (χ1n) is 5.90. The van der Waals surface area contributed by atoms with Gasteiger partial charge >= 0.3 is 6.09 Å². The van der Waals surface area contributed by atoms with Crippen LogP contribution in [0, 0.1) is 0 Å². The molecule has 0 unspecified atom stereocenters. The maximum atomic E-state index is 12.2. The Morgan fingerprint density at radius 1 is 1.42 bits per heavy atom. The largest absolute Gasteiger partial charge is 0.443 e. The van der Waals surface area contributed by atoms with Gasteiger partial charge in [-0.3, -0.25) is 4.57 Å². The van der Waals surface area contributed by atoms with Crippen molar-refractivity contribution in [1.29, 1.82) is 0 Å². The fourth-order valence-electron chi connectivity index (χ4n) is 1.84. The van der Waals surface area contributed by atoms with Crippen LogP contribution in [0.3, 0.4) is 0 Å². The normalized spacial score (nSPS) is 11.8. The molecular weight excluding hydrogens is 330 g/mol. The van der Waals surface area contributed by atoms with Crippen LogP contribution in [0.25, 0.3) is 10.9 Å². The summed E-state index contributed by atoms with van der Waals surface area (Å²) < 4.78 is 6.90. The number of nitrogens with zero attached hydrogens (tertiary/aromatic N) is 1. The van der Waals surface area contributed by atoms with Crippen molar-refractivity contribution < 1.29 is 9.53 Å². The van der Waals surface area contributed by atoms with E-state index in [9.17, 15) is 4.79 Å². The first kappa shape index (κ1) is 14.4. The zero-order valence-electron chi connectivity index (χ0n) is 11.0. The topological polar surface area (TPSA) is 31.2 Å². The molecule has 0 amide bonds. The molecule has 0 atom stereocenters. The first-order chi connectivity index (χ1) is 8.81. The van der Waals surface area contributed by atoms with Crippen LogP contribution in [0.5, 0.6) is 0 Å². The Bertz CT molecular complexity index is 628. The molecule has 0 saturated carbocycles. The van der Waals surface area contributed by atoms with E-state index in [0.717, 1.165) is 16.5 Å². The van der Waals surface area contributed by atoms with Gasteiger partial charge in [-0.2, -0.15) is 0 Å². The lowest BCUT2D eigenvalue weighted by atomic mass is 10.2. The number of carbonyl (C=O) groups is 1. The van der Waals surface area contributed by atoms with Crippen molar-refractivity contribution in [2.24, 2.45) is 0 Å². The van der Waals surface area contributed by atoms with Gasteiger partial charge in [0.1, 0.15) is 5.60 Å². The van der Waals surface area contributed by atoms with Crippen molar-refractivity contribution in [3.8, 4) is 0 Å². The number of alkyl halides is 1. The van der Waals surface area contributed by atoms with E-state index in [-0.39, 0.29) is 0 Å². The number of rotatable bonds is 1. The van der Waals surface area contributed by atoms with Gasteiger partial charge < -0.3 is 4.74 Å². The molecule has 0 bridgehead atoms. The quantitative estimate of drug-likeness (QED) is 0.684. The highest BCUT2D eigenvalue weighted by atomic mass is 79.9. The summed E-state index contributed by atoms with van der Waals surface area (Å²) in [5.41, 5.74) is 1.26. The molecule has 102 valence electrons. The second kappa shape index (κ2) is 5.17. The molecule has 2 aromatic rings. The number of hydrogen-bond acceptors (Lipinski definition) is 2. The van der Waals surface area contributed by atoms with E-state index in [1.54, 1.807) is 12.3 Å². The molecule has 0 spiro atoms. The summed E-state index contributed by atoms with van der Waals surface area (Å²) in [4.78, 5) is 12.2. The Labute approximate surface area is 125 Å². The Morgan fingerprint density at radius 3 is 2.68 bits per heavy atom. The van der Waals surface area contributed by atoms with E-state index < -0.39 is 11.7 Å². The van der Waals surface area contributed by atoms with Gasteiger partial charge in [-0.15, -0.1) is 0 Å². The van der Waals surface area contributed by atoms with Gasteiger partial charge in [0.05, 0.1) is 5.52 Å². The molecule has 0 aliphatic heterocycles. The maximum Gasteiger partial charge on any atom is 0.419 e. The molecule has 2 rings (SSSR count). The second-order valence-corrected chi connectivity index (χ2v) is 6.30. The fourth-order valence-corrected chi connectivity index (χ4v) is 2.45. The monoisotopic (exact) mass is 343 g/mol. The average molecular weight is 345 g/mol. The first-order valence-corrected chi connectivity index (χ1v) is 7.40. The van der Waals surface area contributed by atoms with Gasteiger partial charge in [-0.05, 0) is 38.5 Å². The molecule has 5 heteroatoms. The van der Waals surface area contributed by atoms with Crippen molar-refractivity contribution in [3.63, 3.8) is 0 Å². The molecule has 1 aromatic carbocycles. The van der Waals surface area contributed by atoms with E-state index in [2.05, 4.69) is 15.9 Å². The zero-order chi connectivity index (χ0) is 14.2. The summed E-state index contributed by atoms with van der Waals surface area (Å²) in [6, 6.07) is 5.50. The van der Waals surface area contributed by atoms with E-state index in [4.69, 9.17) is 16.3 Å². The van der Waals surface area contributed by atoms with Crippen molar-refractivity contribution in [2.45, 2.75) is 31.7 Å². The molecule has 0 N–H and O–H groups in total. The molecule has 0 aliphatic carbocycles. The highest BCUT2D eigenvalue weighted by Gasteiger charge is 2.20. The van der Waals surface area contributed by atoms with Crippen molar-refractivity contribution in [1.82, 2.24) is 4.57 Å². The SMILES string of the molecule is CC(C)(C)OC(=O)n1cc(CBr)c2ccc(Cl)cc21. The van der Waals surface area contributed by atoms with E-state index >= 15 is 0 Å². The van der Waals surface area contributed by atoms with Gasteiger partial charge in [0, 0.05) is 21.9 Å². The van der Waals surface area contributed by atoms with Crippen LogP contribution in [0.1, 0.15) is 26.3 Å². The summed E-state index contributed by atoms with van der Waals surface area (Å²) in [6.45, 7) is 5.53. The van der Waals surface area contributed by atoms with Crippen LogP contribution in [0.2, 0.25) is 5.02 Å². The standard InChI is InChI=1S/C14H15BrClNO2/c1-14(2,3)19-13(18)17-8-9(7-15)11-5-4-10(16)6-12(11)17/h4-6,8H,7H2,1-3H3. The minimum atomic E-state index is -0.527. The number of halogens is 2. The Morgan fingerprint density at radius 2 is 2.11 bits per heavy atom. The number of aromatic nitrogens is 1. The highest BCUT2D eigenvalue weighted by molar-refractivity contribution is 9.08. The molecule has 0 aliphatic rings. The van der Waals surface area contributed by atoms with Crippen molar-refractivity contribution >= 4 is 44.5 Å². The summed E-state index contributed by atoms with van der Waals surface area (Å²) in [5.74, 6) is 0. The lowest BCUT2D eigenvalue weighted by Crippen LogP contribution is -2.26. The van der Waals surface area contributed by atoms with Gasteiger partial charge in [0.25, 0.3) is 0 Å². The number of benzene rings is 1. The fraction of sp³-hybridized carbons (Fsp3) is 0.357. The number of fused-ring (bicyclic) bond motifs is 1. The zero-order valence-corrected chi connectivity index (χ0v) is 13.4. The van der Waals surface area contributed by atoms with Gasteiger partial charge in [-0.25, -0.2) is 4.79 Å². The van der Waals surface area contributed by atoms with Crippen LogP contribution >= 0.6 is 27.5 Å². The van der Waals surface area contributed by atoms with Gasteiger partial charge in [0.15, 0.2) is 0 Å². The van der Waals surface area contributed by atoms with Crippen LogP contribution in [-0.4, -0.2) is 16.3 Å². The third-order valence-corrected chi connectivity index (χ3v) is 3.42. The lowest BCUT2D eigenvalue weighted by molar-refractivity contribution is 0.0544. The lowest BCUT2D eigenvalue weighted by Gasteiger charge is -2.19. The predicted molar refractivity (Wildman–Crippen MR) is 81.2 cm³/mol. The average Bonchev–Trinajstić information content (AvgIpc) is 2.64. The summed E-state index contributed by atoms with van der Waals surface area (Å²) in [5, 5.41) is 2.25. The molecule has 3 nitrogen and oxygen atoms in total. The summed E-state index contributed by atoms with van der Waals surface area (Å²) in [6.07, 6.45) is 1.39.